The van der Waals surface area contributed by atoms with Gasteiger partial charge in [-0.2, -0.15) is 0 Å². The quantitative estimate of drug-likeness (QED) is 0.190. The highest BCUT2D eigenvalue weighted by Crippen LogP contribution is 2.38. The van der Waals surface area contributed by atoms with Crippen LogP contribution in [0.5, 0.6) is 0 Å². The van der Waals surface area contributed by atoms with Gasteiger partial charge in [0.05, 0.1) is 17.3 Å². The molecule has 1 saturated heterocycles. The maximum absolute atomic E-state index is 7.23. The molecule has 0 N–H and O–H groups in total. The average molecular weight is 579 g/mol. The third kappa shape index (κ3) is 8.50. The predicted molar refractivity (Wildman–Crippen MR) is 175 cm³/mol. The lowest BCUT2D eigenvalue weighted by Gasteiger charge is -2.43. The van der Waals surface area contributed by atoms with Gasteiger partial charge in [-0.25, -0.2) is 0 Å². The van der Waals surface area contributed by atoms with Crippen LogP contribution in [-0.2, 0) is 15.8 Å². The van der Waals surface area contributed by atoms with Crippen molar-refractivity contribution >= 4 is 42.2 Å². The van der Waals surface area contributed by atoms with E-state index in [9.17, 15) is 0 Å². The Hall–Kier alpha value is -1.50. The minimum Gasteiger partial charge on any atom is -0.407 e. The maximum atomic E-state index is 7.23. The van der Waals surface area contributed by atoms with Crippen LogP contribution in [0.3, 0.4) is 0 Å². The van der Waals surface area contributed by atoms with E-state index < -0.39 is 8.32 Å². The molecule has 0 saturated carbocycles. The molecule has 1 aliphatic rings. The summed E-state index contributed by atoms with van der Waals surface area (Å²) in [6.45, 7) is 10.9. The third-order valence-electron chi connectivity index (χ3n) is 7.66. The van der Waals surface area contributed by atoms with E-state index in [1.165, 1.54) is 33.9 Å². The normalized spacial score (nSPS) is 16.6. The Labute approximate surface area is 246 Å². The molecule has 4 rings (SSSR count). The topological polar surface area (TPSA) is 18.5 Å². The highest BCUT2D eigenvalue weighted by atomic mass is 32.2. The molecule has 5 heteroatoms. The van der Waals surface area contributed by atoms with E-state index in [1.807, 2.05) is 0 Å². The molecule has 2 nitrogen and oxygen atoms in total. The van der Waals surface area contributed by atoms with E-state index >= 15 is 0 Å². The summed E-state index contributed by atoms with van der Waals surface area (Å²) in [5.41, 5.74) is 1.26. The van der Waals surface area contributed by atoms with Gasteiger partial charge in [0.25, 0.3) is 8.32 Å². The fourth-order valence-electron chi connectivity index (χ4n) is 5.53. The average Bonchev–Trinajstić information content (AvgIpc) is 2.96. The highest BCUT2D eigenvalue weighted by molar-refractivity contribution is 8.17. The van der Waals surface area contributed by atoms with Crippen molar-refractivity contribution < 1.29 is 9.16 Å². The largest absolute Gasteiger partial charge is 0.407 e. The van der Waals surface area contributed by atoms with Gasteiger partial charge in [0, 0.05) is 6.61 Å². The van der Waals surface area contributed by atoms with Crippen LogP contribution in [0.1, 0.15) is 58.9 Å². The summed E-state index contributed by atoms with van der Waals surface area (Å²) >= 11 is 4.25. The van der Waals surface area contributed by atoms with Gasteiger partial charge in [0.15, 0.2) is 0 Å². The summed E-state index contributed by atoms with van der Waals surface area (Å²) in [6.07, 6.45) is 4.93. The van der Waals surface area contributed by atoms with Gasteiger partial charge >= 0.3 is 0 Å². The number of hydrogen-bond donors (Lipinski definition) is 0. The summed E-state index contributed by atoms with van der Waals surface area (Å²) in [6, 6.07) is 32.6. The van der Waals surface area contributed by atoms with Gasteiger partial charge in [0.2, 0.25) is 0 Å². The van der Waals surface area contributed by atoms with Crippen LogP contribution in [-0.4, -0.2) is 37.1 Å². The molecule has 0 unspecified atom stereocenters. The first-order valence-electron chi connectivity index (χ1n) is 14.5. The van der Waals surface area contributed by atoms with Gasteiger partial charge in [-0.3, -0.25) is 0 Å². The molecule has 1 fully saturated rings. The zero-order valence-electron chi connectivity index (χ0n) is 24.2. The molecule has 2 atom stereocenters. The monoisotopic (exact) mass is 578 g/mol. The van der Waals surface area contributed by atoms with Gasteiger partial charge in [-0.15, -0.1) is 23.5 Å². The maximum Gasteiger partial charge on any atom is 0.261 e. The van der Waals surface area contributed by atoms with E-state index in [2.05, 4.69) is 142 Å². The van der Waals surface area contributed by atoms with Crippen LogP contribution >= 0.6 is 23.5 Å². The Bertz CT molecular complexity index is 1040. The summed E-state index contributed by atoms with van der Waals surface area (Å²) in [7, 11) is -2.50. The SMILES string of the molecule is C[C@H](CC[C@@H](CC1SCCCS1)OCc1ccccc1)CO[Si](c1ccccc1)(c1ccccc1)C(C)(C)C. The second-order valence-corrected chi connectivity index (χ2v) is 19.1. The molecular weight excluding hydrogens is 533 g/mol. The molecule has 0 spiro atoms. The number of thioether (sulfide) groups is 2. The van der Waals surface area contributed by atoms with Gasteiger partial charge < -0.3 is 9.16 Å². The van der Waals surface area contributed by atoms with Crippen LogP contribution in [0, 0.1) is 5.92 Å². The second-order valence-electron chi connectivity index (χ2n) is 11.8. The van der Waals surface area contributed by atoms with Crippen molar-refractivity contribution in [1.29, 1.82) is 0 Å². The molecule has 39 heavy (non-hydrogen) atoms. The zero-order valence-corrected chi connectivity index (χ0v) is 26.8. The first-order valence-corrected chi connectivity index (χ1v) is 18.5. The fourth-order valence-corrected chi connectivity index (χ4v) is 13.2. The van der Waals surface area contributed by atoms with Crippen molar-refractivity contribution in [2.75, 3.05) is 18.1 Å². The highest BCUT2D eigenvalue weighted by Gasteiger charge is 2.50. The van der Waals surface area contributed by atoms with E-state index in [4.69, 9.17) is 9.16 Å². The summed E-state index contributed by atoms with van der Waals surface area (Å²) in [5, 5.41) is 2.71. The van der Waals surface area contributed by atoms with Crippen LogP contribution in [0.2, 0.25) is 5.04 Å². The van der Waals surface area contributed by atoms with Crippen LogP contribution in [0.15, 0.2) is 91.0 Å². The van der Waals surface area contributed by atoms with Crippen molar-refractivity contribution in [1.82, 2.24) is 0 Å². The molecule has 0 aliphatic carbocycles. The lowest BCUT2D eigenvalue weighted by Crippen LogP contribution is -2.66. The molecule has 3 aromatic carbocycles. The molecule has 0 amide bonds. The third-order valence-corrected chi connectivity index (χ3v) is 15.7. The van der Waals surface area contributed by atoms with E-state index in [-0.39, 0.29) is 11.1 Å². The van der Waals surface area contributed by atoms with E-state index in [0.717, 1.165) is 25.9 Å². The number of benzene rings is 3. The number of rotatable bonds is 13. The minimum absolute atomic E-state index is 0.00614. The molecular formula is C34H46O2S2Si. The molecule has 210 valence electrons. The minimum atomic E-state index is -2.50. The molecule has 1 heterocycles. The van der Waals surface area contributed by atoms with Crippen molar-refractivity contribution in [3.63, 3.8) is 0 Å². The number of ether oxygens (including phenoxy) is 1. The Balaban J connectivity index is 1.44. The summed E-state index contributed by atoms with van der Waals surface area (Å²) in [4.78, 5) is 0. The number of hydrogen-bond acceptors (Lipinski definition) is 4. The Morgan fingerprint density at radius 2 is 1.33 bits per heavy atom. The van der Waals surface area contributed by atoms with E-state index in [0.29, 0.717) is 17.1 Å². The Morgan fingerprint density at radius 1 is 0.795 bits per heavy atom. The van der Waals surface area contributed by atoms with Crippen molar-refractivity contribution in [2.24, 2.45) is 5.92 Å². The molecule has 0 bridgehead atoms. The summed E-state index contributed by atoms with van der Waals surface area (Å²) in [5.74, 6) is 3.03. The molecule has 1 aliphatic heterocycles. The lowest BCUT2D eigenvalue weighted by atomic mass is 10.0. The first-order chi connectivity index (χ1) is 18.9. The van der Waals surface area contributed by atoms with Crippen LogP contribution in [0.25, 0.3) is 0 Å². The first kappa shape index (κ1) is 30.5. The molecule has 0 radical (unpaired) electrons. The lowest BCUT2D eigenvalue weighted by molar-refractivity contribution is 0.0270. The molecule has 3 aromatic rings. The van der Waals surface area contributed by atoms with Crippen molar-refractivity contribution in [3.8, 4) is 0 Å². The molecule has 0 aromatic heterocycles. The second kappa shape index (κ2) is 14.9. The Kier molecular flexibility index (Phi) is 11.7. The van der Waals surface area contributed by atoms with Crippen molar-refractivity contribution in [2.45, 2.75) is 75.7 Å². The summed E-state index contributed by atoms with van der Waals surface area (Å²) < 4.78 is 14.4. The van der Waals surface area contributed by atoms with E-state index in [1.54, 1.807) is 0 Å². The smallest absolute Gasteiger partial charge is 0.261 e. The van der Waals surface area contributed by atoms with Crippen LogP contribution < -0.4 is 10.4 Å². The zero-order chi connectivity index (χ0) is 27.6. The standard InChI is InChI=1S/C34H46O2S2Si/c1-28(21-22-30(25-33-37-23-14-24-38-33)35-27-29-15-8-5-9-16-29)26-36-39(34(2,3)4,31-17-10-6-11-18-31)32-19-12-7-13-20-32/h5-13,15-20,28,30,33H,14,21-27H2,1-4H3/t28-,30+/m1/s1. The van der Waals surface area contributed by atoms with Crippen molar-refractivity contribution in [3.05, 3.63) is 96.6 Å². The van der Waals surface area contributed by atoms with Gasteiger partial charge in [0.1, 0.15) is 0 Å². The van der Waals surface area contributed by atoms with Gasteiger partial charge in [-0.1, -0.05) is 119 Å². The Morgan fingerprint density at radius 3 is 1.87 bits per heavy atom. The van der Waals surface area contributed by atoms with Crippen LogP contribution in [0.4, 0.5) is 0 Å². The fraction of sp³-hybridized carbons (Fsp3) is 0.471. The predicted octanol–water partition coefficient (Wildman–Crippen LogP) is 8.15. The van der Waals surface area contributed by atoms with Gasteiger partial charge in [-0.05, 0) is 64.1 Å².